The number of rotatable bonds is 0. The molecule has 2 aliphatic heterocycles. The van der Waals surface area contributed by atoms with E-state index in [-0.39, 0.29) is 0 Å². The van der Waals surface area contributed by atoms with E-state index in [1.807, 2.05) is 0 Å². The molecule has 0 amide bonds. The molecule has 5 nitrogen and oxygen atoms in total. The molecule has 72 valence electrons. The van der Waals surface area contributed by atoms with Gasteiger partial charge in [-0.3, -0.25) is 0 Å². The van der Waals surface area contributed by atoms with Crippen molar-refractivity contribution < 1.29 is 23.8 Å². The lowest BCUT2D eigenvalue weighted by atomic mass is 10.6. The molecule has 0 N–H and O–H groups in total. The van der Waals surface area contributed by atoms with Crippen molar-refractivity contribution in [2.45, 2.75) is 0 Å². The summed E-state index contributed by atoms with van der Waals surface area (Å²) in [6.07, 6.45) is 2.17. The summed E-state index contributed by atoms with van der Waals surface area (Å²) in [6, 6.07) is 0. The van der Waals surface area contributed by atoms with Crippen molar-refractivity contribution in [2.75, 3.05) is 26.4 Å². The van der Waals surface area contributed by atoms with E-state index in [9.17, 15) is 9.59 Å². The van der Waals surface area contributed by atoms with E-state index < -0.39 is 11.9 Å². The van der Waals surface area contributed by atoms with E-state index in [1.165, 1.54) is 0 Å². The van der Waals surface area contributed by atoms with Crippen molar-refractivity contribution in [3.63, 3.8) is 0 Å². The van der Waals surface area contributed by atoms with E-state index >= 15 is 0 Å². The molecule has 0 atom stereocenters. The van der Waals surface area contributed by atoms with Gasteiger partial charge in [-0.1, -0.05) is 0 Å². The Morgan fingerprint density at radius 2 is 1.23 bits per heavy atom. The first-order chi connectivity index (χ1) is 6.29. The van der Waals surface area contributed by atoms with Gasteiger partial charge in [0, 0.05) is 12.2 Å². The van der Waals surface area contributed by atoms with Crippen molar-refractivity contribution >= 4 is 11.9 Å². The van der Waals surface area contributed by atoms with Gasteiger partial charge in [0.1, 0.15) is 0 Å². The van der Waals surface area contributed by atoms with Crippen LogP contribution in [0.2, 0.25) is 0 Å². The van der Waals surface area contributed by atoms with E-state index in [0.29, 0.717) is 0 Å². The number of esters is 2. The van der Waals surface area contributed by atoms with Crippen molar-refractivity contribution in [3.05, 3.63) is 12.2 Å². The van der Waals surface area contributed by atoms with Crippen molar-refractivity contribution in [2.24, 2.45) is 0 Å². The highest BCUT2D eigenvalue weighted by molar-refractivity contribution is 6.04. The van der Waals surface area contributed by atoms with Gasteiger partial charge in [0.25, 0.3) is 0 Å². The standard InChI is InChI=1S/C4H2O3.C4H8O2/c5-3-1-2-4(6)7-3;1-2-6-4-3-5-1/h1-2H;1-4H2. The molecule has 1 saturated heterocycles. The van der Waals surface area contributed by atoms with Gasteiger partial charge in [-0.15, -0.1) is 0 Å². The molecule has 0 aliphatic carbocycles. The van der Waals surface area contributed by atoms with Gasteiger partial charge in [-0.05, 0) is 0 Å². The number of hydrogen-bond donors (Lipinski definition) is 0. The Labute approximate surface area is 75.3 Å². The number of ether oxygens (including phenoxy) is 3. The highest BCUT2D eigenvalue weighted by Gasteiger charge is 2.10. The summed E-state index contributed by atoms with van der Waals surface area (Å²) in [5.41, 5.74) is 0. The van der Waals surface area contributed by atoms with Crippen LogP contribution in [-0.4, -0.2) is 38.4 Å². The quantitative estimate of drug-likeness (QED) is 0.382. The zero-order valence-electron chi connectivity index (χ0n) is 7.02. The molecule has 13 heavy (non-hydrogen) atoms. The Hall–Kier alpha value is -1.20. The summed E-state index contributed by atoms with van der Waals surface area (Å²) in [6.45, 7) is 3.11. The van der Waals surface area contributed by atoms with Crippen molar-refractivity contribution in [3.8, 4) is 0 Å². The molecule has 0 aromatic carbocycles. The predicted molar refractivity (Wildman–Crippen MR) is 41.9 cm³/mol. The maximum atomic E-state index is 9.92. The second kappa shape index (κ2) is 5.45. The molecular weight excluding hydrogens is 176 g/mol. The first-order valence-electron chi connectivity index (χ1n) is 3.88. The minimum Gasteiger partial charge on any atom is -0.387 e. The van der Waals surface area contributed by atoms with Crippen molar-refractivity contribution in [1.82, 2.24) is 0 Å². The summed E-state index contributed by atoms with van der Waals surface area (Å²) in [4.78, 5) is 19.8. The Kier molecular flexibility index (Phi) is 4.14. The Morgan fingerprint density at radius 3 is 1.38 bits per heavy atom. The minimum atomic E-state index is -0.579. The van der Waals surface area contributed by atoms with Crippen LogP contribution in [0.1, 0.15) is 0 Å². The van der Waals surface area contributed by atoms with Crippen LogP contribution in [0.5, 0.6) is 0 Å². The number of carbonyl (C=O) groups excluding carboxylic acids is 2. The lowest BCUT2D eigenvalue weighted by Gasteiger charge is -2.09. The average Bonchev–Trinajstić information content (AvgIpc) is 2.54. The molecular formula is C8H10O5. The van der Waals surface area contributed by atoms with Crippen LogP contribution >= 0.6 is 0 Å². The second-order valence-corrected chi connectivity index (χ2v) is 2.30. The number of cyclic esters (lactones) is 2. The normalized spacial score (nSPS) is 20.6. The highest BCUT2D eigenvalue weighted by atomic mass is 16.6. The molecule has 0 spiro atoms. The third-order valence-electron chi connectivity index (χ3n) is 1.30. The molecule has 0 aromatic rings. The van der Waals surface area contributed by atoms with E-state index in [1.54, 1.807) is 0 Å². The molecule has 0 radical (unpaired) electrons. The molecule has 0 saturated carbocycles. The Balaban J connectivity index is 0.000000132. The topological polar surface area (TPSA) is 61.8 Å². The molecule has 0 aromatic heterocycles. The van der Waals surface area contributed by atoms with Gasteiger partial charge in [-0.2, -0.15) is 0 Å². The lowest BCUT2D eigenvalue weighted by molar-refractivity contribution is -0.150. The van der Waals surface area contributed by atoms with Crippen LogP contribution < -0.4 is 0 Å². The molecule has 0 unspecified atom stereocenters. The van der Waals surface area contributed by atoms with Gasteiger partial charge in [0.15, 0.2) is 0 Å². The molecule has 5 heteroatoms. The second-order valence-electron chi connectivity index (χ2n) is 2.30. The molecule has 2 rings (SSSR count). The Morgan fingerprint density at radius 1 is 0.846 bits per heavy atom. The third kappa shape index (κ3) is 4.39. The molecule has 0 bridgehead atoms. The van der Waals surface area contributed by atoms with E-state index in [2.05, 4.69) is 4.74 Å². The summed E-state index contributed by atoms with van der Waals surface area (Å²) in [7, 11) is 0. The van der Waals surface area contributed by atoms with E-state index in [4.69, 9.17) is 9.47 Å². The molecule has 2 aliphatic rings. The molecule has 1 fully saturated rings. The molecule has 2 heterocycles. The van der Waals surface area contributed by atoms with Crippen LogP contribution in [0.3, 0.4) is 0 Å². The summed E-state index contributed by atoms with van der Waals surface area (Å²) in [5.74, 6) is -1.16. The first kappa shape index (κ1) is 9.88. The van der Waals surface area contributed by atoms with Gasteiger partial charge < -0.3 is 14.2 Å². The first-order valence-corrected chi connectivity index (χ1v) is 3.88. The van der Waals surface area contributed by atoms with E-state index in [0.717, 1.165) is 38.6 Å². The van der Waals surface area contributed by atoms with Gasteiger partial charge >= 0.3 is 11.9 Å². The Bertz CT molecular complexity index is 189. The highest BCUT2D eigenvalue weighted by Crippen LogP contribution is 1.92. The SMILES string of the molecule is C1COCCO1.O=C1C=CC(=O)O1. The number of hydrogen-bond acceptors (Lipinski definition) is 5. The maximum absolute atomic E-state index is 9.92. The summed E-state index contributed by atoms with van der Waals surface area (Å²) in [5, 5.41) is 0. The fraction of sp³-hybridized carbons (Fsp3) is 0.500. The fourth-order valence-corrected chi connectivity index (χ4v) is 0.743. The van der Waals surface area contributed by atoms with Crippen LogP contribution in [-0.2, 0) is 23.8 Å². The lowest BCUT2D eigenvalue weighted by Crippen LogP contribution is -2.16. The van der Waals surface area contributed by atoms with Gasteiger partial charge in [0.05, 0.1) is 26.4 Å². The van der Waals surface area contributed by atoms with Crippen LogP contribution in [0.25, 0.3) is 0 Å². The fourth-order valence-electron chi connectivity index (χ4n) is 0.743. The summed E-state index contributed by atoms with van der Waals surface area (Å²) >= 11 is 0. The largest absolute Gasteiger partial charge is 0.387 e. The van der Waals surface area contributed by atoms with Crippen LogP contribution in [0.15, 0.2) is 12.2 Å². The van der Waals surface area contributed by atoms with Crippen molar-refractivity contribution in [1.29, 1.82) is 0 Å². The predicted octanol–water partition coefficient (Wildman–Crippen LogP) is -0.341. The zero-order valence-corrected chi connectivity index (χ0v) is 7.02. The third-order valence-corrected chi connectivity index (χ3v) is 1.30. The average molecular weight is 186 g/mol. The number of carbonyl (C=O) groups is 2. The summed E-state index contributed by atoms with van der Waals surface area (Å²) < 4.78 is 13.9. The van der Waals surface area contributed by atoms with Crippen LogP contribution in [0, 0.1) is 0 Å². The smallest absolute Gasteiger partial charge is 0.338 e. The van der Waals surface area contributed by atoms with Gasteiger partial charge in [-0.25, -0.2) is 9.59 Å². The minimum absolute atomic E-state index is 0.579. The maximum Gasteiger partial charge on any atom is 0.338 e. The van der Waals surface area contributed by atoms with Gasteiger partial charge in [0.2, 0.25) is 0 Å². The zero-order chi connectivity index (χ0) is 9.52. The van der Waals surface area contributed by atoms with Crippen LogP contribution in [0.4, 0.5) is 0 Å². The monoisotopic (exact) mass is 186 g/mol.